The van der Waals surface area contributed by atoms with Crippen molar-refractivity contribution in [2.75, 3.05) is 17.2 Å². The summed E-state index contributed by atoms with van der Waals surface area (Å²) in [6.07, 6.45) is 0. The fraction of sp³-hybridized carbons (Fsp3) is 0.143. The van der Waals surface area contributed by atoms with Gasteiger partial charge in [0.2, 0.25) is 5.91 Å². The summed E-state index contributed by atoms with van der Waals surface area (Å²) in [5.41, 5.74) is 3.48. The van der Waals surface area contributed by atoms with Gasteiger partial charge in [0.15, 0.2) is 0 Å². The summed E-state index contributed by atoms with van der Waals surface area (Å²) in [4.78, 5) is 27.5. The monoisotopic (exact) mass is 478 g/mol. The molecule has 8 nitrogen and oxygen atoms in total. The third-order valence-corrected chi connectivity index (χ3v) is 5.51. The molecule has 0 saturated carbocycles. The number of rotatable bonds is 7. The van der Waals surface area contributed by atoms with Gasteiger partial charge in [-0.2, -0.15) is 10.4 Å². The summed E-state index contributed by atoms with van der Waals surface area (Å²) in [5.74, 6) is 0.150. The Hall–Kier alpha value is -4.90. The van der Waals surface area contributed by atoms with Gasteiger partial charge >= 0.3 is 6.03 Å². The van der Waals surface area contributed by atoms with Gasteiger partial charge in [-0.25, -0.2) is 9.48 Å². The Kier molecular flexibility index (Phi) is 7.42. The highest BCUT2D eigenvalue weighted by Crippen LogP contribution is 2.25. The molecular weight excluding hydrogens is 452 g/mol. The lowest BCUT2D eigenvalue weighted by Gasteiger charge is -2.26. The topological polar surface area (TPSA) is 103 Å². The van der Waals surface area contributed by atoms with E-state index in [0.29, 0.717) is 22.8 Å². The van der Waals surface area contributed by atoms with Crippen LogP contribution in [0.3, 0.4) is 0 Å². The molecule has 0 atom stereocenters. The summed E-state index contributed by atoms with van der Waals surface area (Å²) in [7, 11) is 0. The molecule has 0 bridgehead atoms. The van der Waals surface area contributed by atoms with Gasteiger partial charge < -0.3 is 15.5 Å². The van der Waals surface area contributed by atoms with E-state index in [1.807, 2.05) is 86.6 Å². The molecule has 4 aromatic rings. The number of amides is 3. The van der Waals surface area contributed by atoms with E-state index >= 15 is 0 Å². The first kappa shape index (κ1) is 24.2. The summed E-state index contributed by atoms with van der Waals surface area (Å²) in [5, 5.41) is 19.4. The number of benzene rings is 3. The maximum Gasteiger partial charge on any atom is 0.322 e. The molecule has 0 fully saturated rings. The number of urea groups is 1. The lowest BCUT2D eigenvalue weighted by atomic mass is 10.1. The third-order valence-electron chi connectivity index (χ3n) is 5.51. The Morgan fingerprint density at radius 1 is 0.944 bits per heavy atom. The van der Waals surface area contributed by atoms with Crippen molar-refractivity contribution in [2.24, 2.45) is 0 Å². The van der Waals surface area contributed by atoms with Crippen LogP contribution in [0.5, 0.6) is 0 Å². The van der Waals surface area contributed by atoms with Crippen molar-refractivity contribution in [1.82, 2.24) is 14.7 Å². The minimum Gasteiger partial charge on any atom is -0.313 e. The zero-order chi connectivity index (χ0) is 25.5. The van der Waals surface area contributed by atoms with Crippen molar-refractivity contribution >= 4 is 23.4 Å². The summed E-state index contributed by atoms with van der Waals surface area (Å²) in [6.45, 7) is 3.53. The third kappa shape index (κ3) is 5.77. The molecule has 0 aliphatic heterocycles. The number of nitrogens with one attached hydrogen (secondary N) is 2. The maximum atomic E-state index is 13.1. The largest absolute Gasteiger partial charge is 0.322 e. The zero-order valence-electron chi connectivity index (χ0n) is 20.1. The van der Waals surface area contributed by atoms with Crippen LogP contribution in [-0.2, 0) is 4.79 Å². The molecule has 0 unspecified atom stereocenters. The number of hydrogen-bond acceptors (Lipinski definition) is 4. The standard InChI is InChI=1S/C28H26N6O2/c1-20(2)33(28(36)30-23-15-13-21(18-29)14-16-23)19-27(35)31-26-17-25(22-9-5-3-6-10-22)32-34(26)24-11-7-4-8-12-24/h3-17,20H,19H2,1-2H3,(H,30,36)(H,31,35). The van der Waals surface area contributed by atoms with Crippen molar-refractivity contribution < 1.29 is 9.59 Å². The molecule has 36 heavy (non-hydrogen) atoms. The van der Waals surface area contributed by atoms with Crippen molar-refractivity contribution in [1.29, 1.82) is 5.26 Å². The van der Waals surface area contributed by atoms with Crippen LogP contribution in [0.15, 0.2) is 91.0 Å². The van der Waals surface area contributed by atoms with Gasteiger partial charge in [0, 0.05) is 23.4 Å². The SMILES string of the molecule is CC(C)N(CC(=O)Nc1cc(-c2ccccc2)nn1-c1ccccc1)C(=O)Nc1ccc(C#N)cc1. The first-order valence-electron chi connectivity index (χ1n) is 11.5. The van der Waals surface area contributed by atoms with Crippen molar-refractivity contribution in [3.8, 4) is 23.0 Å². The number of aromatic nitrogens is 2. The predicted octanol–water partition coefficient (Wildman–Crippen LogP) is 5.29. The molecule has 8 heteroatoms. The van der Waals surface area contributed by atoms with Crippen LogP contribution >= 0.6 is 0 Å². The van der Waals surface area contributed by atoms with E-state index in [2.05, 4.69) is 10.6 Å². The minimum atomic E-state index is -0.411. The van der Waals surface area contributed by atoms with Crippen molar-refractivity contribution in [3.63, 3.8) is 0 Å². The highest BCUT2D eigenvalue weighted by atomic mass is 16.2. The van der Waals surface area contributed by atoms with Gasteiger partial charge in [-0.05, 0) is 50.2 Å². The van der Waals surface area contributed by atoms with E-state index in [9.17, 15) is 9.59 Å². The normalized spacial score (nSPS) is 10.5. The zero-order valence-corrected chi connectivity index (χ0v) is 20.1. The fourth-order valence-electron chi connectivity index (χ4n) is 3.64. The number of hydrogen-bond donors (Lipinski definition) is 2. The summed E-state index contributed by atoms with van der Waals surface area (Å²) in [6, 6.07) is 29.0. The number of nitrogens with zero attached hydrogens (tertiary/aromatic N) is 4. The van der Waals surface area contributed by atoms with Crippen LogP contribution in [0.4, 0.5) is 16.3 Å². The van der Waals surface area contributed by atoms with Crippen LogP contribution in [0.1, 0.15) is 19.4 Å². The molecule has 0 saturated heterocycles. The van der Waals surface area contributed by atoms with Crippen LogP contribution in [0, 0.1) is 11.3 Å². The highest BCUT2D eigenvalue weighted by Gasteiger charge is 2.22. The first-order chi connectivity index (χ1) is 17.4. The fourth-order valence-corrected chi connectivity index (χ4v) is 3.64. The van der Waals surface area contributed by atoms with Gasteiger partial charge in [0.1, 0.15) is 12.4 Å². The van der Waals surface area contributed by atoms with Crippen LogP contribution in [0.25, 0.3) is 16.9 Å². The number of carbonyl (C=O) groups is 2. The quantitative estimate of drug-likeness (QED) is 0.377. The number of carbonyl (C=O) groups excluding carboxylic acids is 2. The number of nitriles is 1. The maximum absolute atomic E-state index is 13.1. The molecular formula is C28H26N6O2. The number of para-hydroxylation sites is 1. The van der Waals surface area contributed by atoms with Crippen molar-refractivity contribution in [3.05, 3.63) is 96.6 Å². The molecule has 0 spiro atoms. The minimum absolute atomic E-state index is 0.152. The number of anilines is 2. The van der Waals surface area contributed by atoms with E-state index in [4.69, 9.17) is 10.4 Å². The second-order valence-corrected chi connectivity index (χ2v) is 8.42. The smallest absolute Gasteiger partial charge is 0.313 e. The van der Waals surface area contributed by atoms with Gasteiger partial charge in [0.25, 0.3) is 0 Å². The van der Waals surface area contributed by atoms with Gasteiger partial charge in [0.05, 0.1) is 23.0 Å². The molecule has 180 valence electrons. The molecule has 1 aromatic heterocycles. The molecule has 3 aromatic carbocycles. The van der Waals surface area contributed by atoms with Crippen molar-refractivity contribution in [2.45, 2.75) is 19.9 Å². The molecule has 0 aliphatic carbocycles. The predicted molar refractivity (Wildman–Crippen MR) is 140 cm³/mol. The lowest BCUT2D eigenvalue weighted by Crippen LogP contribution is -2.44. The summed E-state index contributed by atoms with van der Waals surface area (Å²) < 4.78 is 1.68. The molecule has 1 heterocycles. The van der Waals surface area contributed by atoms with E-state index in [0.717, 1.165) is 11.3 Å². The Labute approximate surface area is 209 Å². The molecule has 4 rings (SSSR count). The van der Waals surface area contributed by atoms with Crippen LogP contribution in [0.2, 0.25) is 0 Å². The summed E-state index contributed by atoms with van der Waals surface area (Å²) >= 11 is 0. The van der Waals surface area contributed by atoms with Crippen LogP contribution in [-0.4, -0.2) is 39.2 Å². The van der Waals surface area contributed by atoms with Crippen LogP contribution < -0.4 is 10.6 Å². The molecule has 3 amide bonds. The average molecular weight is 479 g/mol. The van der Waals surface area contributed by atoms with Gasteiger partial charge in [-0.1, -0.05) is 48.5 Å². The van der Waals surface area contributed by atoms with E-state index in [-0.39, 0.29) is 18.5 Å². The molecule has 0 radical (unpaired) electrons. The van der Waals surface area contributed by atoms with Gasteiger partial charge in [-0.3, -0.25) is 4.79 Å². The lowest BCUT2D eigenvalue weighted by molar-refractivity contribution is -0.117. The Morgan fingerprint density at radius 3 is 2.19 bits per heavy atom. The molecule has 2 N–H and O–H groups in total. The van der Waals surface area contributed by atoms with E-state index in [1.165, 1.54) is 4.90 Å². The average Bonchev–Trinajstić information content (AvgIpc) is 3.32. The first-order valence-corrected chi connectivity index (χ1v) is 11.5. The van der Waals surface area contributed by atoms with Gasteiger partial charge in [-0.15, -0.1) is 0 Å². The Morgan fingerprint density at radius 2 is 1.58 bits per heavy atom. The van der Waals surface area contributed by atoms with E-state index in [1.54, 1.807) is 28.9 Å². The Balaban J connectivity index is 1.53. The molecule has 0 aliphatic rings. The highest BCUT2D eigenvalue weighted by molar-refractivity contribution is 5.97. The second kappa shape index (κ2) is 11.0. The second-order valence-electron chi connectivity index (χ2n) is 8.42. The van der Waals surface area contributed by atoms with E-state index < -0.39 is 6.03 Å². The Bertz CT molecular complexity index is 1370.